The molecule has 4 amide bonds. The van der Waals surface area contributed by atoms with Gasteiger partial charge in [0.15, 0.2) is 0 Å². The van der Waals surface area contributed by atoms with Crippen LogP contribution in [0.1, 0.15) is 64.9 Å². The number of nitrogens with one attached hydrogen (secondary N) is 4. The molecule has 1 heterocycles. The van der Waals surface area contributed by atoms with Crippen LogP contribution in [0.5, 0.6) is 5.75 Å². The van der Waals surface area contributed by atoms with E-state index in [0.29, 0.717) is 13.0 Å². The summed E-state index contributed by atoms with van der Waals surface area (Å²) in [4.78, 5) is 64.1. The highest BCUT2D eigenvalue weighted by Gasteiger charge is 2.38. The summed E-state index contributed by atoms with van der Waals surface area (Å²) in [7, 11) is 0. The molecule has 0 aromatic heterocycles. The van der Waals surface area contributed by atoms with Gasteiger partial charge < -0.3 is 26.0 Å². The van der Waals surface area contributed by atoms with Gasteiger partial charge >= 0.3 is 6.36 Å². The van der Waals surface area contributed by atoms with Crippen LogP contribution in [0.4, 0.5) is 13.2 Å². The Bertz CT molecular complexity index is 1200. The van der Waals surface area contributed by atoms with Crippen molar-refractivity contribution >= 4 is 41.0 Å². The van der Waals surface area contributed by atoms with Gasteiger partial charge in [-0.3, -0.25) is 24.0 Å². The first-order valence-corrected chi connectivity index (χ1v) is 14.1. The number of aryl methyl sites for hydroxylation is 1. The molecule has 3 rings (SSSR count). The second kappa shape index (κ2) is 13.7. The Morgan fingerprint density at radius 2 is 1.76 bits per heavy atom. The van der Waals surface area contributed by atoms with E-state index in [9.17, 15) is 37.1 Å². The molecule has 1 aromatic rings. The quantitative estimate of drug-likeness (QED) is 0.251. The second-order valence-electron chi connectivity index (χ2n) is 11.9. The number of ether oxygens (including phenoxy) is 1. The van der Waals surface area contributed by atoms with Crippen molar-refractivity contribution in [2.75, 3.05) is 6.54 Å². The molecule has 1 aromatic carbocycles. The standard InChI is InChI=1S/C28H36ClF3N4O6/c1-27(2,3)14-20(35-22(37)9-5-15-4-6-17(29)13-21(15)42-28(30,31)32)25(40)36-19(12-16-10-11-33-24(16)39)23(38)26(41)34-18-7-8-18/h4,6,13,16,18-20H,5,7-12,14H2,1-3H3,(H,33,39)(H,34,41)(H,35,37)(H,36,40)/t16-,19?,20?/m0/s1. The predicted molar refractivity (Wildman–Crippen MR) is 146 cm³/mol. The fourth-order valence-corrected chi connectivity index (χ4v) is 4.75. The first-order chi connectivity index (χ1) is 19.5. The molecule has 232 valence electrons. The summed E-state index contributed by atoms with van der Waals surface area (Å²) in [5, 5.41) is 10.5. The molecule has 1 aliphatic carbocycles. The van der Waals surface area contributed by atoms with E-state index in [1.165, 1.54) is 12.1 Å². The number of benzene rings is 1. The fraction of sp³-hybridized carbons (Fsp3) is 0.607. The Morgan fingerprint density at radius 1 is 1.07 bits per heavy atom. The maximum atomic E-state index is 13.4. The normalized spacial score (nSPS) is 18.5. The van der Waals surface area contributed by atoms with Crippen molar-refractivity contribution in [1.82, 2.24) is 21.3 Å². The number of ketones is 1. The van der Waals surface area contributed by atoms with E-state index in [2.05, 4.69) is 26.0 Å². The van der Waals surface area contributed by atoms with Crippen LogP contribution in [-0.2, 0) is 30.4 Å². The number of amides is 4. The SMILES string of the molecule is CC(C)(C)CC(NC(=O)CCc1ccc(Cl)cc1OC(F)(F)F)C(=O)NC(C[C@@H]1CCNC1=O)C(=O)C(=O)NC1CC1. The monoisotopic (exact) mass is 616 g/mol. The van der Waals surface area contributed by atoms with E-state index in [1.807, 2.05) is 20.8 Å². The van der Waals surface area contributed by atoms with Crippen molar-refractivity contribution < 1.29 is 41.9 Å². The van der Waals surface area contributed by atoms with Gasteiger partial charge in [-0.15, -0.1) is 13.2 Å². The second-order valence-corrected chi connectivity index (χ2v) is 12.3. The zero-order valence-corrected chi connectivity index (χ0v) is 24.4. The van der Waals surface area contributed by atoms with Crippen molar-refractivity contribution in [1.29, 1.82) is 0 Å². The summed E-state index contributed by atoms with van der Waals surface area (Å²) < 4.78 is 42.5. The minimum Gasteiger partial charge on any atom is -0.405 e. The first kappa shape index (κ1) is 33.2. The van der Waals surface area contributed by atoms with Crippen LogP contribution >= 0.6 is 11.6 Å². The fourth-order valence-electron chi connectivity index (χ4n) is 4.59. The lowest BCUT2D eigenvalue weighted by Gasteiger charge is -2.28. The van der Waals surface area contributed by atoms with E-state index >= 15 is 0 Å². The summed E-state index contributed by atoms with van der Waals surface area (Å²) in [5.74, 6) is -4.46. The third-order valence-corrected chi connectivity index (χ3v) is 7.03. The Balaban J connectivity index is 1.71. The van der Waals surface area contributed by atoms with Gasteiger partial charge in [0.05, 0.1) is 6.04 Å². The molecule has 0 spiro atoms. The third-order valence-electron chi connectivity index (χ3n) is 6.80. The molecule has 1 aliphatic heterocycles. The third kappa shape index (κ3) is 10.8. The molecule has 3 atom stereocenters. The number of Topliss-reactive ketones (excluding diaryl/α,β-unsaturated/α-hetero) is 1. The lowest BCUT2D eigenvalue weighted by Crippen LogP contribution is -2.55. The largest absolute Gasteiger partial charge is 0.573 e. The smallest absolute Gasteiger partial charge is 0.405 e. The van der Waals surface area contributed by atoms with Crippen molar-refractivity contribution in [2.45, 2.75) is 90.2 Å². The van der Waals surface area contributed by atoms with Gasteiger partial charge in [0.25, 0.3) is 5.91 Å². The van der Waals surface area contributed by atoms with Gasteiger partial charge in [0.2, 0.25) is 23.5 Å². The number of alkyl halides is 3. The molecule has 10 nitrogen and oxygen atoms in total. The molecule has 0 bridgehead atoms. The van der Waals surface area contributed by atoms with E-state index in [4.69, 9.17) is 11.6 Å². The lowest BCUT2D eigenvalue weighted by molar-refractivity contribution is -0.274. The number of rotatable bonds is 13. The first-order valence-electron chi connectivity index (χ1n) is 13.8. The highest BCUT2D eigenvalue weighted by Crippen LogP contribution is 2.30. The molecule has 4 N–H and O–H groups in total. The molecular formula is C28H36ClF3N4O6. The molecule has 2 aliphatic rings. The zero-order valence-electron chi connectivity index (χ0n) is 23.7. The van der Waals surface area contributed by atoms with Crippen molar-refractivity contribution in [3.8, 4) is 5.75 Å². The number of carbonyl (C=O) groups is 5. The van der Waals surface area contributed by atoms with Crippen molar-refractivity contribution in [2.24, 2.45) is 11.3 Å². The van der Waals surface area contributed by atoms with Crippen LogP contribution < -0.4 is 26.0 Å². The van der Waals surface area contributed by atoms with Crippen molar-refractivity contribution in [3.63, 3.8) is 0 Å². The van der Waals surface area contributed by atoms with Gasteiger partial charge in [-0.25, -0.2) is 0 Å². The van der Waals surface area contributed by atoms with Gasteiger partial charge in [-0.1, -0.05) is 38.4 Å². The number of carbonyl (C=O) groups excluding carboxylic acids is 5. The van der Waals surface area contributed by atoms with Crippen LogP contribution in [0.25, 0.3) is 0 Å². The average molecular weight is 617 g/mol. The summed E-state index contributed by atoms with van der Waals surface area (Å²) in [6.07, 6.45) is -3.37. The summed E-state index contributed by atoms with van der Waals surface area (Å²) in [6, 6.07) is 1.17. The molecule has 2 unspecified atom stereocenters. The molecule has 1 saturated heterocycles. The molecule has 1 saturated carbocycles. The highest BCUT2D eigenvalue weighted by atomic mass is 35.5. The minimum absolute atomic E-state index is 0.0226. The van der Waals surface area contributed by atoms with Gasteiger partial charge in [0, 0.05) is 29.9 Å². The lowest BCUT2D eigenvalue weighted by atomic mass is 9.87. The van der Waals surface area contributed by atoms with Crippen LogP contribution in [0.2, 0.25) is 5.02 Å². The van der Waals surface area contributed by atoms with Gasteiger partial charge in [0.1, 0.15) is 11.8 Å². The van der Waals surface area contributed by atoms with E-state index < -0.39 is 59.0 Å². The number of hydrogen-bond acceptors (Lipinski definition) is 6. The number of halogens is 4. The molecule has 14 heteroatoms. The van der Waals surface area contributed by atoms with Crippen LogP contribution in [0.3, 0.4) is 0 Å². The molecule has 2 fully saturated rings. The molecular weight excluding hydrogens is 581 g/mol. The molecule has 0 radical (unpaired) electrons. The summed E-state index contributed by atoms with van der Waals surface area (Å²) in [5.41, 5.74) is -0.376. The van der Waals surface area contributed by atoms with Crippen molar-refractivity contribution in [3.05, 3.63) is 28.8 Å². The molecule has 42 heavy (non-hydrogen) atoms. The maximum Gasteiger partial charge on any atom is 0.573 e. The maximum absolute atomic E-state index is 13.4. The number of hydrogen-bond donors (Lipinski definition) is 4. The summed E-state index contributed by atoms with van der Waals surface area (Å²) in [6.45, 7) is 5.92. The van der Waals surface area contributed by atoms with Gasteiger partial charge in [-0.05, 0) is 61.6 Å². The average Bonchev–Trinajstić information content (AvgIpc) is 3.59. The highest BCUT2D eigenvalue weighted by molar-refractivity contribution is 6.38. The Labute approximate surface area is 246 Å². The Kier molecular flexibility index (Phi) is 10.9. The van der Waals surface area contributed by atoms with Crippen LogP contribution in [0.15, 0.2) is 18.2 Å². The minimum atomic E-state index is -4.96. The topological polar surface area (TPSA) is 143 Å². The van der Waals surface area contributed by atoms with E-state index in [-0.39, 0.29) is 48.2 Å². The van der Waals surface area contributed by atoms with Gasteiger partial charge in [-0.2, -0.15) is 0 Å². The Morgan fingerprint density at radius 3 is 2.33 bits per heavy atom. The van der Waals surface area contributed by atoms with Crippen LogP contribution in [0, 0.1) is 11.3 Å². The zero-order chi connectivity index (χ0) is 31.2. The predicted octanol–water partition coefficient (Wildman–Crippen LogP) is 2.95. The van der Waals surface area contributed by atoms with Crippen LogP contribution in [-0.4, -0.2) is 60.4 Å². The van der Waals surface area contributed by atoms with E-state index in [0.717, 1.165) is 18.9 Å². The summed E-state index contributed by atoms with van der Waals surface area (Å²) >= 11 is 5.80. The van der Waals surface area contributed by atoms with E-state index in [1.54, 1.807) is 0 Å². The Hall–Kier alpha value is -3.35.